The van der Waals surface area contributed by atoms with Crippen LogP contribution in [0.2, 0.25) is 0 Å². The lowest BCUT2D eigenvalue weighted by Gasteiger charge is -2.44. The van der Waals surface area contributed by atoms with Gasteiger partial charge in [-0.15, -0.1) is 0 Å². The Morgan fingerprint density at radius 3 is 2.77 bits per heavy atom. The van der Waals surface area contributed by atoms with Crippen LogP contribution in [0.5, 0.6) is 5.75 Å². The Labute approximate surface area is 184 Å². The maximum absolute atomic E-state index is 13.1. The lowest BCUT2D eigenvalue weighted by atomic mass is 10.0. The zero-order chi connectivity index (χ0) is 21.8. The third kappa shape index (κ3) is 4.24. The second-order valence-corrected chi connectivity index (χ2v) is 8.07. The molecule has 2 aromatic rings. The van der Waals surface area contributed by atoms with Crippen LogP contribution in [0.4, 0.5) is 5.69 Å². The molecule has 164 valence electrons. The van der Waals surface area contributed by atoms with Crippen molar-refractivity contribution in [2.45, 2.75) is 52.2 Å². The largest absolute Gasteiger partial charge is 0.494 e. The predicted octanol–water partition coefficient (Wildman–Crippen LogP) is 4.20. The van der Waals surface area contributed by atoms with Crippen molar-refractivity contribution in [1.29, 1.82) is 0 Å². The van der Waals surface area contributed by atoms with E-state index in [9.17, 15) is 9.59 Å². The summed E-state index contributed by atoms with van der Waals surface area (Å²) in [6, 6.07) is 13.2. The molecule has 1 N–H and O–H groups in total. The maximum Gasteiger partial charge on any atom is 0.257 e. The van der Waals surface area contributed by atoms with E-state index in [4.69, 9.17) is 4.74 Å². The molecular formula is C25H31N3O3. The van der Waals surface area contributed by atoms with Gasteiger partial charge in [-0.3, -0.25) is 9.59 Å². The normalized spacial score (nSPS) is 18.1. The summed E-state index contributed by atoms with van der Waals surface area (Å²) in [5, 5.41) is 3.00. The van der Waals surface area contributed by atoms with Gasteiger partial charge in [-0.2, -0.15) is 0 Å². The molecular weight excluding hydrogens is 390 g/mol. The van der Waals surface area contributed by atoms with Gasteiger partial charge in [0, 0.05) is 30.8 Å². The molecule has 0 saturated carbocycles. The first-order valence-corrected chi connectivity index (χ1v) is 11.3. The standard InChI is InChI=1S/C25H31N3O3/c1-3-27-21-16-18(24(29)26-17-19-10-7-8-11-22(19)31-4-2)13-14-20(21)25(30)28-15-9-5-6-12-23(27)28/h7-8,10-11,13-14,16,23H,3-6,9,12,15,17H2,1-2H3,(H,26,29). The molecule has 2 aliphatic heterocycles. The van der Waals surface area contributed by atoms with Gasteiger partial charge in [-0.05, 0) is 57.4 Å². The van der Waals surface area contributed by atoms with Gasteiger partial charge in [0.2, 0.25) is 0 Å². The predicted molar refractivity (Wildman–Crippen MR) is 122 cm³/mol. The molecule has 4 rings (SSSR count). The van der Waals surface area contributed by atoms with Crippen molar-refractivity contribution in [1.82, 2.24) is 10.2 Å². The van der Waals surface area contributed by atoms with Crippen LogP contribution >= 0.6 is 0 Å². The molecule has 0 aliphatic carbocycles. The first-order chi connectivity index (χ1) is 15.1. The van der Waals surface area contributed by atoms with Crippen LogP contribution in [-0.4, -0.2) is 42.6 Å². The summed E-state index contributed by atoms with van der Waals surface area (Å²) in [4.78, 5) is 30.4. The highest BCUT2D eigenvalue weighted by molar-refractivity contribution is 6.04. The lowest BCUT2D eigenvalue weighted by Crippen LogP contribution is -2.55. The number of rotatable bonds is 6. The Hall–Kier alpha value is -3.02. The molecule has 0 radical (unpaired) electrons. The molecule has 1 saturated heterocycles. The average molecular weight is 422 g/mol. The number of ether oxygens (including phenoxy) is 1. The second kappa shape index (κ2) is 9.41. The number of benzene rings is 2. The van der Waals surface area contributed by atoms with E-state index in [1.807, 2.05) is 48.2 Å². The Bertz CT molecular complexity index is 959. The number of anilines is 1. The fourth-order valence-corrected chi connectivity index (χ4v) is 4.66. The Balaban J connectivity index is 1.56. The third-order valence-electron chi connectivity index (χ3n) is 6.19. The van der Waals surface area contributed by atoms with Crippen LogP contribution in [0.3, 0.4) is 0 Å². The zero-order valence-electron chi connectivity index (χ0n) is 18.4. The van der Waals surface area contributed by atoms with E-state index < -0.39 is 0 Å². The summed E-state index contributed by atoms with van der Waals surface area (Å²) in [5.41, 5.74) is 3.08. The van der Waals surface area contributed by atoms with E-state index in [0.717, 1.165) is 55.8 Å². The fraction of sp³-hybridized carbons (Fsp3) is 0.440. The minimum absolute atomic E-state index is 0.0869. The smallest absolute Gasteiger partial charge is 0.257 e. The zero-order valence-corrected chi connectivity index (χ0v) is 18.4. The maximum atomic E-state index is 13.1. The van der Waals surface area contributed by atoms with Gasteiger partial charge in [0.15, 0.2) is 0 Å². The van der Waals surface area contributed by atoms with Crippen molar-refractivity contribution in [3.05, 3.63) is 59.2 Å². The molecule has 6 heteroatoms. The van der Waals surface area contributed by atoms with Crippen LogP contribution in [0, 0.1) is 0 Å². The van der Waals surface area contributed by atoms with Gasteiger partial charge < -0.3 is 19.9 Å². The summed E-state index contributed by atoms with van der Waals surface area (Å²) in [6.07, 6.45) is 4.40. The van der Waals surface area contributed by atoms with Crippen molar-refractivity contribution in [2.24, 2.45) is 0 Å². The summed E-state index contributed by atoms with van der Waals surface area (Å²) in [7, 11) is 0. The quantitative estimate of drug-likeness (QED) is 0.759. The van der Waals surface area contributed by atoms with Gasteiger partial charge in [0.25, 0.3) is 11.8 Å². The van der Waals surface area contributed by atoms with E-state index in [0.29, 0.717) is 24.3 Å². The van der Waals surface area contributed by atoms with Gasteiger partial charge in [-0.25, -0.2) is 0 Å². The average Bonchev–Trinajstić information content (AvgIpc) is 3.05. The van der Waals surface area contributed by atoms with E-state index >= 15 is 0 Å². The van der Waals surface area contributed by atoms with E-state index in [-0.39, 0.29) is 18.0 Å². The number of amides is 2. The van der Waals surface area contributed by atoms with Crippen LogP contribution in [0.1, 0.15) is 65.8 Å². The van der Waals surface area contributed by atoms with Crippen molar-refractivity contribution in [2.75, 3.05) is 24.6 Å². The fourth-order valence-electron chi connectivity index (χ4n) is 4.66. The minimum atomic E-state index is -0.152. The third-order valence-corrected chi connectivity index (χ3v) is 6.19. The summed E-state index contributed by atoms with van der Waals surface area (Å²) in [5.74, 6) is 0.719. The molecule has 0 spiro atoms. The molecule has 0 aromatic heterocycles. The van der Waals surface area contributed by atoms with Crippen molar-refractivity contribution in [3.8, 4) is 5.75 Å². The number of carbonyl (C=O) groups excluding carboxylic acids is 2. The number of hydrogen-bond acceptors (Lipinski definition) is 4. The van der Waals surface area contributed by atoms with Crippen molar-refractivity contribution >= 4 is 17.5 Å². The Morgan fingerprint density at radius 2 is 1.97 bits per heavy atom. The monoisotopic (exact) mass is 421 g/mol. The topological polar surface area (TPSA) is 61.9 Å². The summed E-state index contributed by atoms with van der Waals surface area (Å²) < 4.78 is 5.65. The first kappa shape index (κ1) is 21.2. The highest BCUT2D eigenvalue weighted by Crippen LogP contribution is 2.35. The first-order valence-electron chi connectivity index (χ1n) is 11.3. The van der Waals surface area contributed by atoms with Gasteiger partial charge in [0.05, 0.1) is 17.9 Å². The van der Waals surface area contributed by atoms with Gasteiger partial charge in [-0.1, -0.05) is 24.6 Å². The van der Waals surface area contributed by atoms with Crippen LogP contribution in [0.25, 0.3) is 0 Å². The van der Waals surface area contributed by atoms with Crippen LogP contribution < -0.4 is 15.0 Å². The highest BCUT2D eigenvalue weighted by Gasteiger charge is 2.37. The second-order valence-electron chi connectivity index (χ2n) is 8.07. The molecule has 2 aliphatic rings. The van der Waals surface area contributed by atoms with E-state index in [2.05, 4.69) is 17.1 Å². The Morgan fingerprint density at radius 1 is 1.13 bits per heavy atom. The molecule has 0 bridgehead atoms. The number of nitrogens with one attached hydrogen (secondary N) is 1. The molecule has 6 nitrogen and oxygen atoms in total. The highest BCUT2D eigenvalue weighted by atomic mass is 16.5. The molecule has 1 atom stereocenters. The van der Waals surface area contributed by atoms with E-state index in [1.165, 1.54) is 0 Å². The summed E-state index contributed by atoms with van der Waals surface area (Å²) in [6.45, 7) is 6.63. The molecule has 2 heterocycles. The van der Waals surface area contributed by atoms with Gasteiger partial charge in [0.1, 0.15) is 11.9 Å². The molecule has 2 amide bonds. The van der Waals surface area contributed by atoms with Crippen molar-refractivity contribution < 1.29 is 14.3 Å². The molecule has 1 fully saturated rings. The van der Waals surface area contributed by atoms with E-state index in [1.54, 1.807) is 6.07 Å². The van der Waals surface area contributed by atoms with Crippen LogP contribution in [0.15, 0.2) is 42.5 Å². The number of nitrogens with zero attached hydrogens (tertiary/aromatic N) is 2. The van der Waals surface area contributed by atoms with Gasteiger partial charge >= 0.3 is 0 Å². The lowest BCUT2D eigenvalue weighted by molar-refractivity contribution is 0.0656. The SMILES string of the molecule is CCOc1ccccc1CNC(=O)c1ccc2c(c1)N(CC)C1CCCCCN1C2=O. The van der Waals surface area contributed by atoms with Crippen LogP contribution in [-0.2, 0) is 6.54 Å². The molecule has 1 unspecified atom stereocenters. The van der Waals surface area contributed by atoms with Crippen molar-refractivity contribution in [3.63, 3.8) is 0 Å². The number of fused-ring (bicyclic) bond motifs is 2. The summed E-state index contributed by atoms with van der Waals surface area (Å²) >= 11 is 0. The molecule has 31 heavy (non-hydrogen) atoms. The number of para-hydroxylation sites is 1. The molecule has 2 aromatic carbocycles. The number of hydrogen-bond donors (Lipinski definition) is 1. The Kier molecular flexibility index (Phi) is 6.44. The number of carbonyl (C=O) groups is 2. The minimum Gasteiger partial charge on any atom is -0.494 e.